The molecule has 0 bridgehead atoms. The zero-order chi connectivity index (χ0) is 24.4. The molecule has 1 heterocycles. The van der Waals surface area contributed by atoms with Crippen LogP contribution in [0.15, 0.2) is 42.5 Å². The van der Waals surface area contributed by atoms with E-state index >= 15 is 0 Å². The maximum absolute atomic E-state index is 11.8. The standard InChI is InChI=1S/C20H32ClN3O.C7H7Cl/c1-4-15(14-23(2)3)11-17-12-18(21)5-6-19(17)16-7-9-24(10-8-16)20(25)13-22;1-6-2-4-7(8)5-3-6/h5-6,12,15-16H,4,7-11,13-14,22H2,1-3H3;2-5H,1H3. The molecule has 0 spiro atoms. The Morgan fingerprint density at radius 2 is 1.70 bits per heavy atom. The molecule has 6 heteroatoms. The summed E-state index contributed by atoms with van der Waals surface area (Å²) in [5.41, 5.74) is 9.53. The van der Waals surface area contributed by atoms with Gasteiger partial charge < -0.3 is 15.5 Å². The quantitative estimate of drug-likeness (QED) is 0.533. The molecule has 1 atom stereocenters. The van der Waals surface area contributed by atoms with E-state index < -0.39 is 0 Å². The average molecular weight is 493 g/mol. The molecular formula is C27H39Cl2N3O. The van der Waals surface area contributed by atoms with Gasteiger partial charge in [-0.2, -0.15) is 0 Å². The minimum atomic E-state index is 0.0619. The molecule has 1 fully saturated rings. The van der Waals surface area contributed by atoms with Crippen molar-refractivity contribution in [3.63, 3.8) is 0 Å². The first kappa shape index (κ1) is 27.7. The number of hydrogen-bond donors (Lipinski definition) is 1. The van der Waals surface area contributed by atoms with Gasteiger partial charge in [0.25, 0.3) is 0 Å². The molecule has 0 saturated carbocycles. The second-order valence-corrected chi connectivity index (χ2v) is 10.1. The Labute approximate surface area is 210 Å². The summed E-state index contributed by atoms with van der Waals surface area (Å²) >= 11 is 11.9. The summed E-state index contributed by atoms with van der Waals surface area (Å²) in [6.07, 6.45) is 4.23. The van der Waals surface area contributed by atoms with E-state index in [0.29, 0.717) is 11.8 Å². The largest absolute Gasteiger partial charge is 0.342 e. The molecule has 1 unspecified atom stereocenters. The second-order valence-electron chi connectivity index (χ2n) is 9.24. The number of benzene rings is 2. The van der Waals surface area contributed by atoms with Gasteiger partial charge in [0.2, 0.25) is 5.91 Å². The number of halogens is 2. The number of likely N-dealkylation sites (tertiary alicyclic amines) is 1. The van der Waals surface area contributed by atoms with E-state index in [1.165, 1.54) is 16.7 Å². The number of hydrogen-bond acceptors (Lipinski definition) is 3. The van der Waals surface area contributed by atoms with Gasteiger partial charge in [0, 0.05) is 29.7 Å². The Morgan fingerprint density at radius 3 is 2.21 bits per heavy atom. The van der Waals surface area contributed by atoms with E-state index in [4.69, 9.17) is 28.9 Å². The van der Waals surface area contributed by atoms with Crippen molar-refractivity contribution in [2.45, 2.75) is 45.4 Å². The van der Waals surface area contributed by atoms with Gasteiger partial charge in [0.05, 0.1) is 6.54 Å². The lowest BCUT2D eigenvalue weighted by Crippen LogP contribution is -2.41. The molecule has 1 amide bonds. The topological polar surface area (TPSA) is 49.6 Å². The van der Waals surface area contributed by atoms with Crippen molar-refractivity contribution in [1.82, 2.24) is 9.80 Å². The molecule has 3 rings (SSSR count). The number of amides is 1. The van der Waals surface area contributed by atoms with E-state index in [-0.39, 0.29) is 12.5 Å². The van der Waals surface area contributed by atoms with Crippen LogP contribution >= 0.6 is 23.2 Å². The minimum Gasteiger partial charge on any atom is -0.342 e. The van der Waals surface area contributed by atoms with Crippen LogP contribution in [0, 0.1) is 12.8 Å². The fourth-order valence-corrected chi connectivity index (χ4v) is 4.74. The van der Waals surface area contributed by atoms with Gasteiger partial charge >= 0.3 is 0 Å². The van der Waals surface area contributed by atoms with Crippen LogP contribution in [0.3, 0.4) is 0 Å². The van der Waals surface area contributed by atoms with Gasteiger partial charge in [-0.3, -0.25) is 4.79 Å². The molecule has 0 aromatic heterocycles. The summed E-state index contributed by atoms with van der Waals surface area (Å²) in [5, 5.41) is 1.62. The molecule has 2 aromatic carbocycles. The maximum Gasteiger partial charge on any atom is 0.236 e. The molecule has 33 heavy (non-hydrogen) atoms. The highest BCUT2D eigenvalue weighted by Crippen LogP contribution is 2.33. The summed E-state index contributed by atoms with van der Waals surface area (Å²) in [6, 6.07) is 14.1. The minimum absolute atomic E-state index is 0.0619. The van der Waals surface area contributed by atoms with Crippen LogP contribution in [0.1, 0.15) is 48.8 Å². The third-order valence-electron chi connectivity index (χ3n) is 6.29. The third-order valence-corrected chi connectivity index (χ3v) is 6.77. The molecule has 0 aliphatic carbocycles. The van der Waals surface area contributed by atoms with Crippen molar-refractivity contribution in [1.29, 1.82) is 0 Å². The first-order chi connectivity index (χ1) is 15.7. The highest BCUT2D eigenvalue weighted by atomic mass is 35.5. The van der Waals surface area contributed by atoms with Crippen LogP contribution in [-0.4, -0.2) is 56.0 Å². The zero-order valence-electron chi connectivity index (χ0n) is 20.5. The smallest absolute Gasteiger partial charge is 0.236 e. The summed E-state index contributed by atoms with van der Waals surface area (Å²) in [6.45, 7) is 7.10. The number of nitrogens with zero attached hydrogens (tertiary/aromatic N) is 2. The Balaban J connectivity index is 0.000000405. The maximum atomic E-state index is 11.8. The SMILES string of the molecule is CCC(Cc1cc(Cl)ccc1C1CCN(C(=O)CN)CC1)CN(C)C.Cc1ccc(Cl)cc1. The van der Waals surface area contributed by atoms with Crippen molar-refractivity contribution in [2.75, 3.05) is 40.3 Å². The van der Waals surface area contributed by atoms with Crippen LogP contribution in [0.25, 0.3) is 0 Å². The first-order valence-electron chi connectivity index (χ1n) is 11.9. The van der Waals surface area contributed by atoms with Crippen LogP contribution in [0.5, 0.6) is 0 Å². The lowest BCUT2D eigenvalue weighted by Gasteiger charge is -2.33. The van der Waals surface area contributed by atoms with Crippen molar-refractivity contribution >= 4 is 29.1 Å². The lowest BCUT2D eigenvalue weighted by atomic mass is 9.83. The molecule has 1 aliphatic rings. The van der Waals surface area contributed by atoms with E-state index in [2.05, 4.69) is 38.1 Å². The molecule has 0 radical (unpaired) electrons. The van der Waals surface area contributed by atoms with Gasteiger partial charge in [0.15, 0.2) is 0 Å². The van der Waals surface area contributed by atoms with Crippen LogP contribution in [0.4, 0.5) is 0 Å². The predicted octanol–water partition coefficient (Wildman–Crippen LogP) is 5.78. The highest BCUT2D eigenvalue weighted by Gasteiger charge is 2.25. The number of carbonyl (C=O) groups is 1. The van der Waals surface area contributed by atoms with Gasteiger partial charge in [-0.25, -0.2) is 0 Å². The number of aryl methyl sites for hydroxylation is 1. The fourth-order valence-electron chi connectivity index (χ4n) is 4.42. The van der Waals surface area contributed by atoms with Gasteiger partial charge in [-0.05, 0) is 87.5 Å². The van der Waals surface area contributed by atoms with Crippen LogP contribution in [0.2, 0.25) is 10.0 Å². The van der Waals surface area contributed by atoms with E-state index in [1.807, 2.05) is 42.2 Å². The monoisotopic (exact) mass is 491 g/mol. The van der Waals surface area contributed by atoms with E-state index in [9.17, 15) is 4.79 Å². The lowest BCUT2D eigenvalue weighted by molar-refractivity contribution is -0.130. The number of piperidine rings is 1. The molecule has 1 aliphatic heterocycles. The van der Waals surface area contributed by atoms with Gasteiger partial charge in [0.1, 0.15) is 0 Å². The number of carbonyl (C=O) groups excluding carboxylic acids is 1. The molecule has 182 valence electrons. The first-order valence-corrected chi connectivity index (χ1v) is 12.6. The normalized spacial score (nSPS) is 15.2. The summed E-state index contributed by atoms with van der Waals surface area (Å²) in [5.74, 6) is 1.20. The third kappa shape index (κ3) is 9.29. The average Bonchev–Trinajstić information content (AvgIpc) is 2.80. The molecule has 1 saturated heterocycles. The summed E-state index contributed by atoms with van der Waals surface area (Å²) < 4.78 is 0. The summed E-state index contributed by atoms with van der Waals surface area (Å²) in [7, 11) is 4.26. The van der Waals surface area contributed by atoms with Gasteiger partial charge in [-0.15, -0.1) is 0 Å². The Hall–Kier alpha value is -1.59. The molecular weight excluding hydrogens is 453 g/mol. The van der Waals surface area contributed by atoms with E-state index in [1.54, 1.807) is 0 Å². The second kappa shape index (κ2) is 14.0. The van der Waals surface area contributed by atoms with Crippen molar-refractivity contribution < 1.29 is 4.79 Å². The van der Waals surface area contributed by atoms with E-state index in [0.717, 1.165) is 55.4 Å². The predicted molar refractivity (Wildman–Crippen MR) is 141 cm³/mol. The van der Waals surface area contributed by atoms with Crippen molar-refractivity contribution in [2.24, 2.45) is 11.7 Å². The number of rotatable bonds is 7. The molecule has 2 aromatic rings. The van der Waals surface area contributed by atoms with Crippen LogP contribution < -0.4 is 5.73 Å². The fraction of sp³-hybridized carbons (Fsp3) is 0.519. The Bertz CT molecular complexity index is 841. The van der Waals surface area contributed by atoms with Crippen molar-refractivity contribution in [3.05, 3.63) is 69.2 Å². The zero-order valence-corrected chi connectivity index (χ0v) is 22.0. The Kier molecular flexibility index (Phi) is 11.7. The summed E-state index contributed by atoms with van der Waals surface area (Å²) in [4.78, 5) is 15.9. The van der Waals surface area contributed by atoms with Gasteiger partial charge in [-0.1, -0.05) is 60.3 Å². The van der Waals surface area contributed by atoms with Crippen molar-refractivity contribution in [3.8, 4) is 0 Å². The highest BCUT2D eigenvalue weighted by molar-refractivity contribution is 6.30. The molecule has 4 nitrogen and oxygen atoms in total. The molecule has 2 N–H and O–H groups in total. The number of nitrogens with two attached hydrogens (primary N) is 1. The van der Waals surface area contributed by atoms with Crippen LogP contribution in [-0.2, 0) is 11.2 Å². The Morgan fingerprint density at radius 1 is 1.09 bits per heavy atom.